The van der Waals surface area contributed by atoms with E-state index in [0.717, 1.165) is 28.1 Å². The summed E-state index contributed by atoms with van der Waals surface area (Å²) < 4.78 is 2.00. The van der Waals surface area contributed by atoms with Gasteiger partial charge < -0.3 is 4.57 Å². The summed E-state index contributed by atoms with van der Waals surface area (Å²) in [6.45, 7) is 1.89. The lowest BCUT2D eigenvalue weighted by atomic mass is 10.1. The van der Waals surface area contributed by atoms with Crippen LogP contribution < -0.4 is 0 Å². The molecule has 1 aromatic carbocycles. The van der Waals surface area contributed by atoms with Gasteiger partial charge in [-0.05, 0) is 25.1 Å². The summed E-state index contributed by atoms with van der Waals surface area (Å²) in [5.74, 6) is 0.781. The van der Waals surface area contributed by atoms with Crippen molar-refractivity contribution >= 4 is 11.0 Å². The summed E-state index contributed by atoms with van der Waals surface area (Å²) in [7, 11) is 1.99. The monoisotopic (exact) mass is 224 g/mol. The van der Waals surface area contributed by atoms with E-state index in [1.165, 1.54) is 0 Å². The molecule has 0 radical (unpaired) electrons. The summed E-state index contributed by atoms with van der Waals surface area (Å²) in [4.78, 5) is 12.9. The van der Waals surface area contributed by atoms with Crippen LogP contribution in [-0.2, 0) is 7.05 Å². The zero-order chi connectivity index (χ0) is 11.8. The molecule has 84 valence electrons. The van der Waals surface area contributed by atoms with Crippen LogP contribution in [0.5, 0.6) is 0 Å². The fraction of sp³-hybridized carbons (Fsp3) is 0.154. The molecule has 0 spiro atoms. The van der Waals surface area contributed by atoms with E-state index in [-0.39, 0.29) is 0 Å². The minimum atomic E-state index is 0.781. The van der Waals surface area contributed by atoms with Gasteiger partial charge in [-0.15, -0.1) is 0 Å². The Morgan fingerprint density at radius 2 is 2.00 bits per heavy atom. The molecule has 0 unspecified atom stereocenters. The summed E-state index contributed by atoms with van der Waals surface area (Å²) in [5, 5.41) is 0. The first-order valence-corrected chi connectivity index (χ1v) is 5.45. The van der Waals surface area contributed by atoms with Crippen molar-refractivity contribution in [2.45, 2.75) is 6.92 Å². The topological polar surface area (TPSA) is 43.6 Å². The van der Waals surface area contributed by atoms with Gasteiger partial charge in [0.2, 0.25) is 0 Å². The normalized spacial score (nSPS) is 10.9. The van der Waals surface area contributed by atoms with Crippen LogP contribution in [0.3, 0.4) is 0 Å². The Morgan fingerprint density at radius 1 is 1.12 bits per heavy atom. The first kappa shape index (κ1) is 9.96. The molecule has 17 heavy (non-hydrogen) atoms. The summed E-state index contributed by atoms with van der Waals surface area (Å²) in [6.07, 6.45) is 3.60. The third kappa shape index (κ3) is 1.67. The lowest BCUT2D eigenvalue weighted by molar-refractivity contribution is 0.947. The highest BCUT2D eigenvalue weighted by molar-refractivity contribution is 5.81. The predicted molar refractivity (Wildman–Crippen MR) is 66.5 cm³/mol. The highest BCUT2D eigenvalue weighted by Gasteiger charge is 2.04. The molecular formula is C13H12N4. The maximum absolute atomic E-state index is 4.41. The van der Waals surface area contributed by atoms with Crippen LogP contribution in [0.4, 0.5) is 0 Å². The first-order chi connectivity index (χ1) is 8.24. The number of aromatic nitrogens is 4. The molecule has 0 fully saturated rings. The van der Waals surface area contributed by atoms with Crippen molar-refractivity contribution < 1.29 is 0 Å². The van der Waals surface area contributed by atoms with Gasteiger partial charge >= 0.3 is 0 Å². The fourth-order valence-electron chi connectivity index (χ4n) is 1.91. The van der Waals surface area contributed by atoms with Gasteiger partial charge in [0, 0.05) is 18.8 Å². The maximum Gasteiger partial charge on any atom is 0.125 e. The average Bonchev–Trinajstić information content (AvgIpc) is 2.71. The average molecular weight is 224 g/mol. The van der Waals surface area contributed by atoms with Crippen LogP contribution in [0, 0.1) is 6.92 Å². The molecule has 0 N–H and O–H groups in total. The maximum atomic E-state index is 4.41. The van der Waals surface area contributed by atoms with Crippen molar-refractivity contribution in [3.8, 4) is 11.3 Å². The van der Waals surface area contributed by atoms with Crippen molar-refractivity contribution in [2.75, 3.05) is 0 Å². The summed E-state index contributed by atoms with van der Waals surface area (Å²) >= 11 is 0. The van der Waals surface area contributed by atoms with Gasteiger partial charge in [-0.1, -0.05) is 6.07 Å². The van der Waals surface area contributed by atoms with Crippen molar-refractivity contribution in [1.29, 1.82) is 0 Å². The first-order valence-electron chi connectivity index (χ1n) is 5.45. The quantitative estimate of drug-likeness (QED) is 0.637. The van der Waals surface area contributed by atoms with E-state index in [9.17, 15) is 0 Å². The fourth-order valence-corrected chi connectivity index (χ4v) is 1.91. The molecule has 0 aliphatic heterocycles. The molecular weight excluding hydrogens is 212 g/mol. The Kier molecular flexibility index (Phi) is 2.14. The molecule has 3 rings (SSSR count). The van der Waals surface area contributed by atoms with Crippen LogP contribution in [0.2, 0.25) is 0 Å². The van der Waals surface area contributed by atoms with Crippen molar-refractivity contribution in [3.63, 3.8) is 0 Å². The number of fused-ring (bicyclic) bond motifs is 1. The summed E-state index contributed by atoms with van der Waals surface area (Å²) in [6, 6.07) is 8.09. The second-order valence-electron chi connectivity index (χ2n) is 4.05. The Bertz CT molecular complexity index is 685. The minimum absolute atomic E-state index is 0.781. The lowest BCUT2D eigenvalue weighted by Gasteiger charge is -2.02. The summed E-state index contributed by atoms with van der Waals surface area (Å²) in [5.41, 5.74) is 4.12. The minimum Gasteiger partial charge on any atom is -0.334 e. The number of aryl methyl sites for hydroxylation is 2. The van der Waals surface area contributed by atoms with Crippen molar-refractivity contribution in [3.05, 3.63) is 42.6 Å². The molecule has 3 aromatic rings. The van der Waals surface area contributed by atoms with E-state index in [4.69, 9.17) is 0 Å². The highest BCUT2D eigenvalue weighted by Crippen LogP contribution is 2.21. The second kappa shape index (κ2) is 3.66. The number of benzene rings is 1. The Labute approximate surface area is 99.0 Å². The predicted octanol–water partition coefficient (Wildman–Crippen LogP) is 2.34. The van der Waals surface area contributed by atoms with Crippen LogP contribution >= 0.6 is 0 Å². The van der Waals surface area contributed by atoms with Crippen molar-refractivity contribution in [2.24, 2.45) is 7.05 Å². The van der Waals surface area contributed by atoms with E-state index in [1.54, 1.807) is 6.20 Å². The zero-order valence-corrected chi connectivity index (χ0v) is 9.75. The SMILES string of the molecule is Cc1nccc(-c2ccc3c(c2)ncn3C)n1. The molecule has 0 aliphatic carbocycles. The second-order valence-corrected chi connectivity index (χ2v) is 4.05. The van der Waals surface area contributed by atoms with Gasteiger partial charge in [-0.3, -0.25) is 0 Å². The molecule has 0 saturated heterocycles. The lowest BCUT2D eigenvalue weighted by Crippen LogP contribution is -1.90. The van der Waals surface area contributed by atoms with Gasteiger partial charge in [-0.25, -0.2) is 15.0 Å². The van der Waals surface area contributed by atoms with E-state index < -0.39 is 0 Å². The van der Waals surface area contributed by atoms with Gasteiger partial charge in [-0.2, -0.15) is 0 Å². The molecule has 2 heterocycles. The Balaban J connectivity index is 2.18. The molecule has 0 aliphatic rings. The van der Waals surface area contributed by atoms with E-state index in [1.807, 2.05) is 30.9 Å². The Morgan fingerprint density at radius 3 is 2.82 bits per heavy atom. The number of nitrogens with zero attached hydrogens (tertiary/aromatic N) is 4. The van der Waals surface area contributed by atoms with Gasteiger partial charge in [0.25, 0.3) is 0 Å². The molecule has 0 atom stereocenters. The largest absolute Gasteiger partial charge is 0.334 e. The van der Waals surface area contributed by atoms with Crippen LogP contribution in [0.15, 0.2) is 36.8 Å². The third-order valence-corrected chi connectivity index (χ3v) is 2.80. The van der Waals surface area contributed by atoms with E-state index in [2.05, 4.69) is 33.2 Å². The molecule has 4 nitrogen and oxygen atoms in total. The van der Waals surface area contributed by atoms with Gasteiger partial charge in [0.15, 0.2) is 0 Å². The standard InChI is InChI=1S/C13H12N4/c1-9-14-6-5-11(16-9)10-3-4-13-12(7-10)15-8-17(13)2/h3-8H,1-2H3. The number of hydrogen-bond acceptors (Lipinski definition) is 3. The highest BCUT2D eigenvalue weighted by atomic mass is 15.0. The molecule has 0 amide bonds. The van der Waals surface area contributed by atoms with E-state index >= 15 is 0 Å². The number of rotatable bonds is 1. The number of hydrogen-bond donors (Lipinski definition) is 0. The molecule has 0 bridgehead atoms. The molecule has 4 heteroatoms. The number of imidazole rings is 1. The van der Waals surface area contributed by atoms with Crippen molar-refractivity contribution in [1.82, 2.24) is 19.5 Å². The molecule has 2 aromatic heterocycles. The van der Waals surface area contributed by atoms with Crippen LogP contribution in [-0.4, -0.2) is 19.5 Å². The van der Waals surface area contributed by atoms with Crippen LogP contribution in [0.25, 0.3) is 22.3 Å². The smallest absolute Gasteiger partial charge is 0.125 e. The van der Waals surface area contributed by atoms with Gasteiger partial charge in [0.05, 0.1) is 23.1 Å². The van der Waals surface area contributed by atoms with Crippen LogP contribution in [0.1, 0.15) is 5.82 Å². The zero-order valence-electron chi connectivity index (χ0n) is 9.75. The molecule has 0 saturated carbocycles. The van der Waals surface area contributed by atoms with E-state index in [0.29, 0.717) is 0 Å². The van der Waals surface area contributed by atoms with Gasteiger partial charge in [0.1, 0.15) is 5.82 Å². The Hall–Kier alpha value is -2.23. The third-order valence-electron chi connectivity index (χ3n) is 2.80.